The molecule has 0 radical (unpaired) electrons. The Hall–Kier alpha value is -2.15. The lowest BCUT2D eigenvalue weighted by atomic mass is 10.1. The summed E-state index contributed by atoms with van der Waals surface area (Å²) in [6, 6.07) is 11.6. The molecule has 3 rings (SSSR count). The number of nitrogens with one attached hydrogen (secondary N) is 2. The van der Waals surface area contributed by atoms with Crippen molar-refractivity contribution in [2.75, 3.05) is 19.7 Å². The molecule has 26 heavy (non-hydrogen) atoms. The van der Waals surface area contributed by atoms with Gasteiger partial charge in [-0.15, -0.1) is 12.4 Å². The van der Waals surface area contributed by atoms with Gasteiger partial charge in [-0.05, 0) is 48.4 Å². The van der Waals surface area contributed by atoms with Gasteiger partial charge in [0.25, 0.3) is 5.91 Å². The van der Waals surface area contributed by atoms with Crippen molar-refractivity contribution in [2.24, 2.45) is 0 Å². The maximum atomic E-state index is 12.9. The fraction of sp³-hybridized carbons (Fsp3) is 0.316. The smallest absolute Gasteiger partial charge is 0.250 e. The first kappa shape index (κ1) is 20.2. The lowest BCUT2D eigenvalue weighted by Gasteiger charge is -2.22. The quantitative estimate of drug-likeness (QED) is 0.837. The first-order chi connectivity index (χ1) is 12.1. The van der Waals surface area contributed by atoms with Crippen LogP contribution >= 0.6 is 12.4 Å². The number of carbonyl (C=O) groups is 1. The number of hydrogen-bond donors (Lipinski definition) is 2. The molecular weight excluding hydrogens is 359 g/mol. The molecule has 0 aliphatic carbocycles. The third kappa shape index (κ3) is 5.42. The van der Waals surface area contributed by atoms with Crippen LogP contribution in [-0.4, -0.2) is 31.7 Å². The minimum atomic E-state index is -0.434. The predicted octanol–water partition coefficient (Wildman–Crippen LogP) is 2.95. The highest BCUT2D eigenvalue weighted by molar-refractivity contribution is 5.85. The van der Waals surface area contributed by atoms with Gasteiger partial charge < -0.3 is 20.1 Å². The Morgan fingerprint density at radius 1 is 1.31 bits per heavy atom. The minimum absolute atomic E-state index is 0. The van der Waals surface area contributed by atoms with Crippen LogP contribution in [0.25, 0.3) is 0 Å². The van der Waals surface area contributed by atoms with Crippen LogP contribution in [-0.2, 0) is 16.1 Å². The van der Waals surface area contributed by atoms with Crippen LogP contribution in [0.15, 0.2) is 42.5 Å². The van der Waals surface area contributed by atoms with Crippen molar-refractivity contribution in [3.05, 3.63) is 59.4 Å². The number of rotatable bonds is 5. The number of benzene rings is 2. The Kier molecular flexibility index (Phi) is 7.38. The van der Waals surface area contributed by atoms with Crippen molar-refractivity contribution in [2.45, 2.75) is 19.6 Å². The van der Waals surface area contributed by atoms with Crippen LogP contribution in [0, 0.1) is 12.7 Å². The number of aryl methyl sites for hydroxylation is 1. The predicted molar refractivity (Wildman–Crippen MR) is 99.4 cm³/mol. The van der Waals surface area contributed by atoms with Crippen LogP contribution in [0.4, 0.5) is 4.39 Å². The van der Waals surface area contributed by atoms with E-state index in [9.17, 15) is 9.18 Å². The molecule has 1 atom stereocenters. The molecule has 140 valence electrons. The van der Waals surface area contributed by atoms with Crippen molar-refractivity contribution in [1.82, 2.24) is 10.6 Å². The lowest BCUT2D eigenvalue weighted by molar-refractivity contribution is -0.134. The Morgan fingerprint density at radius 3 is 2.73 bits per heavy atom. The van der Waals surface area contributed by atoms with Gasteiger partial charge in [0.05, 0.1) is 6.61 Å². The molecule has 1 amide bonds. The summed E-state index contributed by atoms with van der Waals surface area (Å²) < 4.78 is 24.1. The van der Waals surface area contributed by atoms with Gasteiger partial charge in [0.1, 0.15) is 23.4 Å². The molecule has 1 aliphatic heterocycles. The van der Waals surface area contributed by atoms with Crippen molar-refractivity contribution < 1.29 is 18.7 Å². The molecule has 0 aromatic heterocycles. The zero-order chi connectivity index (χ0) is 17.6. The van der Waals surface area contributed by atoms with E-state index in [4.69, 9.17) is 9.47 Å². The van der Waals surface area contributed by atoms with Gasteiger partial charge in [0.15, 0.2) is 0 Å². The average molecular weight is 381 g/mol. The highest BCUT2D eigenvalue weighted by atomic mass is 35.5. The van der Waals surface area contributed by atoms with E-state index in [2.05, 4.69) is 10.6 Å². The first-order valence-corrected chi connectivity index (χ1v) is 8.25. The number of carbonyl (C=O) groups excluding carboxylic acids is 1. The molecule has 0 saturated carbocycles. The maximum absolute atomic E-state index is 12.9. The highest BCUT2D eigenvalue weighted by Crippen LogP contribution is 2.25. The third-order valence-electron chi connectivity index (χ3n) is 3.97. The standard InChI is InChI=1S/C19H21FN2O3.ClH/c1-13-10-14(11-22-19(23)18-12-21-8-9-24-18)2-7-17(13)25-16-5-3-15(20)4-6-16;/h2-7,10,18,21H,8-9,11-12H2,1H3,(H,22,23);1H. The Balaban J connectivity index is 0.00000243. The average Bonchev–Trinajstić information content (AvgIpc) is 2.64. The number of halogens is 2. The van der Waals surface area contributed by atoms with Crippen molar-refractivity contribution in [3.63, 3.8) is 0 Å². The summed E-state index contributed by atoms with van der Waals surface area (Å²) in [6.45, 7) is 4.22. The van der Waals surface area contributed by atoms with Crippen LogP contribution in [0.5, 0.6) is 11.5 Å². The molecule has 1 saturated heterocycles. The Labute approximate surface area is 158 Å². The molecule has 0 spiro atoms. The summed E-state index contributed by atoms with van der Waals surface area (Å²) in [4.78, 5) is 12.1. The number of hydrogen-bond acceptors (Lipinski definition) is 4. The first-order valence-electron chi connectivity index (χ1n) is 8.25. The summed E-state index contributed by atoms with van der Waals surface area (Å²) in [6.07, 6.45) is -0.434. The van der Waals surface area contributed by atoms with Gasteiger partial charge >= 0.3 is 0 Å². The molecule has 2 aromatic rings. The number of morpholine rings is 1. The van der Waals surface area contributed by atoms with E-state index in [1.54, 1.807) is 12.1 Å². The summed E-state index contributed by atoms with van der Waals surface area (Å²) >= 11 is 0. The fourth-order valence-electron chi connectivity index (χ4n) is 2.60. The molecule has 2 aromatic carbocycles. The highest BCUT2D eigenvalue weighted by Gasteiger charge is 2.21. The summed E-state index contributed by atoms with van der Waals surface area (Å²) in [5.41, 5.74) is 1.91. The zero-order valence-electron chi connectivity index (χ0n) is 14.5. The van der Waals surface area contributed by atoms with E-state index in [1.165, 1.54) is 12.1 Å². The third-order valence-corrected chi connectivity index (χ3v) is 3.97. The van der Waals surface area contributed by atoms with Gasteiger partial charge in [0.2, 0.25) is 0 Å². The van der Waals surface area contributed by atoms with Gasteiger partial charge in [-0.3, -0.25) is 4.79 Å². The Morgan fingerprint density at radius 2 is 2.08 bits per heavy atom. The second-order valence-corrected chi connectivity index (χ2v) is 5.94. The van der Waals surface area contributed by atoms with E-state index < -0.39 is 6.10 Å². The molecule has 2 N–H and O–H groups in total. The van der Waals surface area contributed by atoms with Crippen LogP contribution < -0.4 is 15.4 Å². The zero-order valence-corrected chi connectivity index (χ0v) is 15.3. The molecular formula is C19H22ClFN2O3. The van der Waals surface area contributed by atoms with E-state index >= 15 is 0 Å². The molecule has 7 heteroatoms. The van der Waals surface area contributed by atoms with Crippen molar-refractivity contribution >= 4 is 18.3 Å². The Bertz CT molecular complexity index is 734. The molecule has 1 fully saturated rings. The largest absolute Gasteiger partial charge is 0.457 e. The van der Waals surface area contributed by atoms with Crippen LogP contribution in [0.3, 0.4) is 0 Å². The lowest BCUT2D eigenvalue weighted by Crippen LogP contribution is -2.47. The van der Waals surface area contributed by atoms with Crippen molar-refractivity contribution in [3.8, 4) is 11.5 Å². The van der Waals surface area contributed by atoms with Gasteiger partial charge in [0, 0.05) is 19.6 Å². The number of amides is 1. The monoisotopic (exact) mass is 380 g/mol. The van der Waals surface area contributed by atoms with E-state index in [1.807, 2.05) is 25.1 Å². The second-order valence-electron chi connectivity index (χ2n) is 5.94. The topological polar surface area (TPSA) is 59.6 Å². The molecule has 5 nitrogen and oxygen atoms in total. The van der Waals surface area contributed by atoms with Crippen LogP contribution in [0.2, 0.25) is 0 Å². The summed E-state index contributed by atoms with van der Waals surface area (Å²) in [7, 11) is 0. The van der Waals surface area contributed by atoms with Crippen molar-refractivity contribution in [1.29, 1.82) is 0 Å². The number of ether oxygens (including phenoxy) is 2. The van der Waals surface area contributed by atoms with E-state index in [0.717, 1.165) is 17.7 Å². The normalized spacial score (nSPS) is 16.5. The van der Waals surface area contributed by atoms with Gasteiger partial charge in [-0.25, -0.2) is 4.39 Å². The molecule has 0 bridgehead atoms. The summed E-state index contributed by atoms with van der Waals surface area (Å²) in [5.74, 6) is 0.859. The van der Waals surface area contributed by atoms with Gasteiger partial charge in [-0.2, -0.15) is 0 Å². The van der Waals surface area contributed by atoms with Crippen LogP contribution in [0.1, 0.15) is 11.1 Å². The molecule has 1 heterocycles. The second kappa shape index (κ2) is 9.52. The SMILES string of the molecule is Cc1cc(CNC(=O)C2CNCCO2)ccc1Oc1ccc(F)cc1.Cl. The molecule has 1 unspecified atom stereocenters. The maximum Gasteiger partial charge on any atom is 0.250 e. The van der Waals surface area contributed by atoms with E-state index in [-0.39, 0.29) is 24.1 Å². The molecule has 1 aliphatic rings. The summed E-state index contributed by atoms with van der Waals surface area (Å²) in [5, 5.41) is 6.02. The fourth-order valence-corrected chi connectivity index (χ4v) is 2.60. The minimum Gasteiger partial charge on any atom is -0.457 e. The van der Waals surface area contributed by atoms with Gasteiger partial charge in [-0.1, -0.05) is 12.1 Å². The van der Waals surface area contributed by atoms with E-state index in [0.29, 0.717) is 31.2 Å².